The first-order valence-corrected chi connectivity index (χ1v) is 7.31. The summed E-state index contributed by atoms with van der Waals surface area (Å²) < 4.78 is 1.78. The number of anilines is 1. The summed E-state index contributed by atoms with van der Waals surface area (Å²) >= 11 is 0. The van der Waals surface area contributed by atoms with Crippen molar-refractivity contribution in [1.82, 2.24) is 9.78 Å². The molecule has 0 spiro atoms. The van der Waals surface area contributed by atoms with Crippen molar-refractivity contribution >= 4 is 11.7 Å². The van der Waals surface area contributed by atoms with E-state index < -0.39 is 5.97 Å². The Bertz CT molecular complexity index is 663. The van der Waals surface area contributed by atoms with Gasteiger partial charge in [-0.05, 0) is 31.4 Å². The molecule has 0 amide bonds. The van der Waals surface area contributed by atoms with Gasteiger partial charge in [-0.15, -0.1) is 0 Å². The maximum absolute atomic E-state index is 11.4. The highest BCUT2D eigenvalue weighted by Crippen LogP contribution is 2.28. The molecule has 1 aliphatic heterocycles. The van der Waals surface area contributed by atoms with Crippen molar-refractivity contribution in [1.29, 1.82) is 0 Å². The number of aryl methyl sites for hydroxylation is 2. The van der Waals surface area contributed by atoms with E-state index in [9.17, 15) is 9.90 Å². The molecule has 0 atom stereocenters. The quantitative estimate of drug-likeness (QED) is 0.938. The van der Waals surface area contributed by atoms with Gasteiger partial charge in [0, 0.05) is 18.8 Å². The molecule has 1 aromatic heterocycles. The van der Waals surface area contributed by atoms with Crippen LogP contribution in [-0.4, -0.2) is 27.4 Å². The Kier molecular flexibility index (Phi) is 3.64. The minimum atomic E-state index is -0.907. The van der Waals surface area contributed by atoms with Crippen molar-refractivity contribution in [3.63, 3.8) is 0 Å². The van der Waals surface area contributed by atoms with E-state index in [4.69, 9.17) is 0 Å². The standard InChI is InChI=1S/C16H19N3O2/c1-2-19-15(13(10-17-19)16(20)21)11-18-9-5-7-12-6-3-4-8-14(12)18/h3-4,6,8,10H,2,5,7,9,11H2,1H3,(H,20,21). The second-order valence-corrected chi connectivity index (χ2v) is 5.28. The Morgan fingerprint density at radius 1 is 1.38 bits per heavy atom. The van der Waals surface area contributed by atoms with E-state index in [2.05, 4.69) is 28.2 Å². The average Bonchev–Trinajstić information content (AvgIpc) is 2.90. The van der Waals surface area contributed by atoms with Crippen LogP contribution in [0.15, 0.2) is 30.5 Å². The van der Waals surface area contributed by atoms with Gasteiger partial charge in [-0.2, -0.15) is 5.10 Å². The number of nitrogens with zero attached hydrogens (tertiary/aromatic N) is 3. The first-order chi connectivity index (χ1) is 10.2. The summed E-state index contributed by atoms with van der Waals surface area (Å²) in [6.07, 6.45) is 3.64. The summed E-state index contributed by atoms with van der Waals surface area (Å²) in [4.78, 5) is 13.6. The molecule has 0 bridgehead atoms. The third-order valence-corrected chi connectivity index (χ3v) is 4.03. The number of hydrogen-bond acceptors (Lipinski definition) is 3. The van der Waals surface area contributed by atoms with Gasteiger partial charge in [0.05, 0.1) is 18.4 Å². The SMILES string of the molecule is CCn1ncc(C(=O)O)c1CN1CCCc2ccccc21. The van der Waals surface area contributed by atoms with E-state index >= 15 is 0 Å². The fourth-order valence-corrected chi connectivity index (χ4v) is 2.99. The fourth-order valence-electron chi connectivity index (χ4n) is 2.99. The highest BCUT2D eigenvalue weighted by Gasteiger charge is 2.22. The second-order valence-electron chi connectivity index (χ2n) is 5.28. The number of rotatable bonds is 4. The van der Waals surface area contributed by atoms with Gasteiger partial charge in [0.1, 0.15) is 5.56 Å². The molecule has 0 unspecified atom stereocenters. The van der Waals surface area contributed by atoms with E-state index in [0.717, 1.165) is 25.1 Å². The van der Waals surface area contributed by atoms with Gasteiger partial charge < -0.3 is 10.0 Å². The van der Waals surface area contributed by atoms with Gasteiger partial charge in [-0.25, -0.2) is 4.79 Å². The Balaban J connectivity index is 1.95. The predicted octanol–water partition coefficient (Wildman–Crippen LogP) is 2.55. The number of aromatic nitrogens is 2. The average molecular weight is 285 g/mol. The Morgan fingerprint density at radius 3 is 2.95 bits per heavy atom. The van der Waals surface area contributed by atoms with Crippen LogP contribution >= 0.6 is 0 Å². The lowest BCUT2D eigenvalue weighted by Crippen LogP contribution is -2.30. The van der Waals surface area contributed by atoms with Gasteiger partial charge in [0.25, 0.3) is 0 Å². The Hall–Kier alpha value is -2.30. The van der Waals surface area contributed by atoms with Crippen LogP contribution in [0.5, 0.6) is 0 Å². The molecule has 21 heavy (non-hydrogen) atoms. The van der Waals surface area contributed by atoms with Crippen LogP contribution in [0, 0.1) is 0 Å². The van der Waals surface area contributed by atoms with Crippen LogP contribution in [0.2, 0.25) is 0 Å². The zero-order valence-corrected chi connectivity index (χ0v) is 12.1. The minimum Gasteiger partial charge on any atom is -0.478 e. The molecule has 0 radical (unpaired) electrons. The van der Waals surface area contributed by atoms with E-state index in [1.54, 1.807) is 4.68 Å². The molecule has 110 valence electrons. The van der Waals surface area contributed by atoms with Gasteiger partial charge in [0.2, 0.25) is 0 Å². The van der Waals surface area contributed by atoms with Crippen molar-refractivity contribution in [2.45, 2.75) is 32.9 Å². The highest BCUT2D eigenvalue weighted by atomic mass is 16.4. The van der Waals surface area contributed by atoms with E-state index in [1.807, 2.05) is 13.0 Å². The first kappa shape index (κ1) is 13.7. The molecule has 0 saturated heterocycles. The number of carbonyl (C=O) groups is 1. The van der Waals surface area contributed by atoms with Crippen LogP contribution in [0.1, 0.15) is 35.0 Å². The lowest BCUT2D eigenvalue weighted by molar-refractivity contribution is 0.0695. The van der Waals surface area contributed by atoms with Crippen LogP contribution in [0.25, 0.3) is 0 Å². The summed E-state index contributed by atoms with van der Waals surface area (Å²) in [6, 6.07) is 8.35. The molecular weight excluding hydrogens is 266 g/mol. The fraction of sp³-hybridized carbons (Fsp3) is 0.375. The zero-order chi connectivity index (χ0) is 14.8. The second kappa shape index (κ2) is 5.60. The number of carboxylic acid groups (broad SMARTS) is 1. The molecule has 0 saturated carbocycles. The van der Waals surface area contributed by atoms with Crippen LogP contribution in [-0.2, 0) is 19.5 Å². The monoisotopic (exact) mass is 285 g/mol. The summed E-state index contributed by atoms with van der Waals surface area (Å²) in [7, 11) is 0. The van der Waals surface area contributed by atoms with E-state index in [0.29, 0.717) is 18.7 Å². The number of para-hydroxylation sites is 1. The van der Waals surface area contributed by atoms with Gasteiger partial charge in [0.15, 0.2) is 0 Å². The van der Waals surface area contributed by atoms with E-state index in [-0.39, 0.29) is 0 Å². The van der Waals surface area contributed by atoms with E-state index in [1.165, 1.54) is 17.4 Å². The van der Waals surface area contributed by atoms with Crippen molar-refractivity contribution < 1.29 is 9.90 Å². The van der Waals surface area contributed by atoms with Crippen LogP contribution in [0.3, 0.4) is 0 Å². The molecule has 1 N–H and O–H groups in total. The molecule has 5 heteroatoms. The predicted molar refractivity (Wildman–Crippen MR) is 80.7 cm³/mol. The highest BCUT2D eigenvalue weighted by molar-refractivity contribution is 5.88. The molecule has 5 nitrogen and oxygen atoms in total. The summed E-state index contributed by atoms with van der Waals surface area (Å²) in [6.45, 7) is 4.20. The van der Waals surface area contributed by atoms with Crippen molar-refractivity contribution in [3.8, 4) is 0 Å². The topological polar surface area (TPSA) is 58.4 Å². The molecule has 2 heterocycles. The molecule has 0 fully saturated rings. The molecule has 1 aromatic carbocycles. The lowest BCUT2D eigenvalue weighted by Gasteiger charge is -2.31. The summed E-state index contributed by atoms with van der Waals surface area (Å²) in [5.74, 6) is -0.907. The first-order valence-electron chi connectivity index (χ1n) is 7.31. The van der Waals surface area contributed by atoms with Gasteiger partial charge in [-0.1, -0.05) is 18.2 Å². The maximum Gasteiger partial charge on any atom is 0.339 e. The number of carboxylic acids is 1. The molecular formula is C16H19N3O2. The number of fused-ring (bicyclic) bond motifs is 1. The third-order valence-electron chi connectivity index (χ3n) is 4.03. The largest absolute Gasteiger partial charge is 0.478 e. The lowest BCUT2D eigenvalue weighted by atomic mass is 10.0. The number of aromatic carboxylic acids is 1. The number of benzene rings is 1. The Morgan fingerprint density at radius 2 is 2.19 bits per heavy atom. The maximum atomic E-state index is 11.4. The minimum absolute atomic E-state index is 0.305. The molecule has 3 rings (SSSR count). The zero-order valence-electron chi connectivity index (χ0n) is 12.1. The summed E-state index contributed by atoms with van der Waals surface area (Å²) in [5.41, 5.74) is 3.63. The van der Waals surface area contributed by atoms with Crippen molar-refractivity contribution in [2.24, 2.45) is 0 Å². The Labute approximate surface area is 123 Å². The third kappa shape index (κ3) is 2.51. The molecule has 1 aliphatic rings. The van der Waals surface area contributed by atoms with Gasteiger partial charge in [-0.3, -0.25) is 4.68 Å². The molecule has 0 aliphatic carbocycles. The van der Waals surface area contributed by atoms with Crippen molar-refractivity contribution in [2.75, 3.05) is 11.4 Å². The van der Waals surface area contributed by atoms with Crippen LogP contribution in [0.4, 0.5) is 5.69 Å². The molecule has 2 aromatic rings. The van der Waals surface area contributed by atoms with Crippen LogP contribution < -0.4 is 4.90 Å². The summed E-state index contributed by atoms with van der Waals surface area (Å²) in [5, 5.41) is 13.5. The normalized spacial score (nSPS) is 14.0. The van der Waals surface area contributed by atoms with Crippen molar-refractivity contribution in [3.05, 3.63) is 47.3 Å². The number of hydrogen-bond donors (Lipinski definition) is 1. The van der Waals surface area contributed by atoms with Gasteiger partial charge >= 0.3 is 5.97 Å². The smallest absolute Gasteiger partial charge is 0.339 e.